The molecule has 1 N–H and O–H groups in total. The maximum atomic E-state index is 13.1. The Hall–Kier alpha value is -0.450. The van der Waals surface area contributed by atoms with Gasteiger partial charge in [-0.25, -0.2) is 4.39 Å². The van der Waals surface area contributed by atoms with E-state index in [-0.39, 0.29) is 11.2 Å². The third-order valence-electron chi connectivity index (χ3n) is 2.66. The lowest BCUT2D eigenvalue weighted by Gasteiger charge is -2.28. The van der Waals surface area contributed by atoms with E-state index in [1.165, 1.54) is 6.07 Å². The van der Waals surface area contributed by atoms with Crippen molar-refractivity contribution in [1.29, 1.82) is 0 Å². The summed E-state index contributed by atoms with van der Waals surface area (Å²) in [6, 6.07) is 5.12. The van der Waals surface area contributed by atoms with Gasteiger partial charge in [0.2, 0.25) is 0 Å². The molecule has 0 heterocycles. The summed E-state index contributed by atoms with van der Waals surface area (Å²) in [4.78, 5) is 2.19. The van der Waals surface area contributed by atoms with Gasteiger partial charge in [-0.05, 0) is 53.1 Å². The first-order valence-electron chi connectivity index (χ1n) is 6.09. The van der Waals surface area contributed by atoms with Crippen molar-refractivity contribution in [3.05, 3.63) is 34.1 Å². The van der Waals surface area contributed by atoms with Crippen molar-refractivity contribution in [2.75, 3.05) is 27.2 Å². The number of hydrogen-bond acceptors (Lipinski definition) is 2. The summed E-state index contributed by atoms with van der Waals surface area (Å²) in [5.41, 5.74) is 1.31. The van der Waals surface area contributed by atoms with E-state index in [1.54, 1.807) is 0 Å². The smallest absolute Gasteiger partial charge is 0.137 e. The van der Waals surface area contributed by atoms with Crippen LogP contribution in [0.5, 0.6) is 0 Å². The van der Waals surface area contributed by atoms with E-state index in [1.807, 2.05) is 12.1 Å². The van der Waals surface area contributed by atoms with Gasteiger partial charge in [0.05, 0.1) is 4.47 Å². The largest absolute Gasteiger partial charge is 0.312 e. The van der Waals surface area contributed by atoms with Gasteiger partial charge in [0.15, 0.2) is 0 Å². The molecule has 0 spiro atoms. The van der Waals surface area contributed by atoms with Crippen LogP contribution < -0.4 is 5.32 Å². The van der Waals surface area contributed by atoms with Gasteiger partial charge in [-0.15, -0.1) is 0 Å². The van der Waals surface area contributed by atoms with Gasteiger partial charge in [-0.1, -0.05) is 19.9 Å². The van der Waals surface area contributed by atoms with Crippen molar-refractivity contribution >= 4 is 15.9 Å². The van der Waals surface area contributed by atoms with Gasteiger partial charge >= 0.3 is 0 Å². The molecule has 1 rings (SSSR count). The molecule has 0 amide bonds. The van der Waals surface area contributed by atoms with E-state index in [2.05, 4.69) is 54.1 Å². The molecule has 0 saturated carbocycles. The zero-order valence-electron chi connectivity index (χ0n) is 11.6. The summed E-state index contributed by atoms with van der Waals surface area (Å²) in [6.45, 7) is 7.20. The molecule has 18 heavy (non-hydrogen) atoms. The van der Waals surface area contributed by atoms with Crippen LogP contribution in [0.3, 0.4) is 0 Å². The maximum Gasteiger partial charge on any atom is 0.137 e. The summed E-state index contributed by atoms with van der Waals surface area (Å²) >= 11 is 3.20. The zero-order chi connectivity index (χ0) is 13.8. The first-order chi connectivity index (χ1) is 8.30. The molecular formula is C14H22BrFN2. The first kappa shape index (κ1) is 15.6. The summed E-state index contributed by atoms with van der Waals surface area (Å²) in [5, 5.41) is 3.42. The highest BCUT2D eigenvalue weighted by Crippen LogP contribution is 2.18. The average Bonchev–Trinajstić information content (AvgIpc) is 2.21. The van der Waals surface area contributed by atoms with Crippen LogP contribution in [0.4, 0.5) is 4.39 Å². The second-order valence-electron chi connectivity index (χ2n) is 5.75. The van der Waals surface area contributed by atoms with E-state index in [4.69, 9.17) is 0 Å². The third kappa shape index (κ3) is 5.46. The second-order valence-corrected chi connectivity index (χ2v) is 6.61. The normalized spacial score (nSPS) is 12.2. The molecule has 0 aromatic heterocycles. The van der Waals surface area contributed by atoms with Gasteiger partial charge < -0.3 is 10.2 Å². The molecule has 0 atom stereocenters. The fourth-order valence-electron chi connectivity index (χ4n) is 2.11. The molecule has 0 fully saturated rings. The molecule has 0 radical (unpaired) electrons. The second kappa shape index (κ2) is 6.64. The highest BCUT2D eigenvalue weighted by molar-refractivity contribution is 9.10. The first-order valence-corrected chi connectivity index (χ1v) is 6.89. The fraction of sp³-hybridized carbons (Fsp3) is 0.571. The number of halogens is 2. The van der Waals surface area contributed by atoms with Crippen molar-refractivity contribution in [2.24, 2.45) is 5.41 Å². The minimum atomic E-state index is -0.216. The summed E-state index contributed by atoms with van der Waals surface area (Å²) in [6.07, 6.45) is 0. The Morgan fingerprint density at radius 2 is 2.00 bits per heavy atom. The lowest BCUT2D eigenvalue weighted by atomic mass is 9.93. The predicted molar refractivity (Wildman–Crippen MR) is 78.1 cm³/mol. The molecule has 1 aromatic rings. The lowest BCUT2D eigenvalue weighted by molar-refractivity contribution is 0.232. The highest BCUT2D eigenvalue weighted by Gasteiger charge is 2.18. The Morgan fingerprint density at radius 1 is 1.33 bits per heavy atom. The monoisotopic (exact) mass is 316 g/mol. The molecule has 2 nitrogen and oxygen atoms in total. The molecule has 0 aliphatic rings. The van der Waals surface area contributed by atoms with Gasteiger partial charge in [-0.3, -0.25) is 0 Å². The number of nitrogens with zero attached hydrogens (tertiary/aromatic N) is 1. The minimum absolute atomic E-state index is 0.216. The van der Waals surface area contributed by atoms with Gasteiger partial charge in [0.25, 0.3) is 0 Å². The van der Waals surface area contributed by atoms with Crippen LogP contribution in [-0.2, 0) is 6.54 Å². The Labute approximate surface area is 118 Å². The van der Waals surface area contributed by atoms with E-state index < -0.39 is 0 Å². The van der Waals surface area contributed by atoms with Gasteiger partial charge in [0, 0.05) is 19.6 Å². The minimum Gasteiger partial charge on any atom is -0.312 e. The number of hydrogen-bond donors (Lipinski definition) is 1. The van der Waals surface area contributed by atoms with Crippen molar-refractivity contribution < 1.29 is 4.39 Å². The van der Waals surface area contributed by atoms with E-state index in [0.717, 1.165) is 25.2 Å². The molecular weight excluding hydrogens is 295 g/mol. The van der Waals surface area contributed by atoms with Crippen LogP contribution in [0, 0.1) is 11.2 Å². The molecule has 1 aromatic carbocycles. The zero-order valence-corrected chi connectivity index (χ0v) is 13.1. The molecule has 0 saturated heterocycles. The van der Waals surface area contributed by atoms with Crippen molar-refractivity contribution in [3.63, 3.8) is 0 Å². The van der Waals surface area contributed by atoms with Gasteiger partial charge in [-0.2, -0.15) is 0 Å². The summed E-state index contributed by atoms with van der Waals surface area (Å²) in [5.74, 6) is -0.216. The topological polar surface area (TPSA) is 15.3 Å². The molecule has 0 bridgehead atoms. The highest BCUT2D eigenvalue weighted by atomic mass is 79.9. The van der Waals surface area contributed by atoms with Crippen LogP contribution in [0.15, 0.2) is 22.7 Å². The van der Waals surface area contributed by atoms with Crippen LogP contribution in [-0.4, -0.2) is 32.1 Å². The van der Waals surface area contributed by atoms with Crippen molar-refractivity contribution in [3.8, 4) is 0 Å². The number of nitrogens with one attached hydrogen (secondary N) is 1. The molecule has 102 valence electrons. The summed E-state index contributed by atoms with van der Waals surface area (Å²) in [7, 11) is 4.16. The average molecular weight is 317 g/mol. The van der Waals surface area contributed by atoms with Crippen molar-refractivity contribution in [2.45, 2.75) is 20.4 Å². The van der Waals surface area contributed by atoms with Gasteiger partial charge in [0.1, 0.15) is 5.82 Å². The number of rotatable bonds is 6. The lowest BCUT2D eigenvalue weighted by Crippen LogP contribution is -2.37. The maximum absolute atomic E-state index is 13.1. The Morgan fingerprint density at radius 3 is 2.56 bits per heavy atom. The third-order valence-corrected chi connectivity index (χ3v) is 3.27. The van der Waals surface area contributed by atoms with Crippen molar-refractivity contribution in [1.82, 2.24) is 10.2 Å². The fourth-order valence-corrected chi connectivity index (χ4v) is 2.53. The van der Waals surface area contributed by atoms with E-state index in [0.29, 0.717) is 4.47 Å². The van der Waals surface area contributed by atoms with E-state index >= 15 is 0 Å². The number of benzene rings is 1. The quantitative estimate of drug-likeness (QED) is 0.866. The Kier molecular flexibility index (Phi) is 5.76. The Balaban J connectivity index is 2.43. The van der Waals surface area contributed by atoms with Crippen LogP contribution in [0.25, 0.3) is 0 Å². The standard InChI is InChI=1S/C14H22BrFN2/c1-14(2,10-18(3)4)9-17-8-11-5-6-13(16)12(15)7-11/h5-7,17H,8-10H2,1-4H3. The van der Waals surface area contributed by atoms with Crippen LogP contribution >= 0.6 is 15.9 Å². The molecule has 0 unspecified atom stereocenters. The van der Waals surface area contributed by atoms with Crippen LogP contribution in [0.2, 0.25) is 0 Å². The molecule has 0 aliphatic heterocycles. The van der Waals surface area contributed by atoms with E-state index in [9.17, 15) is 4.39 Å². The Bertz CT molecular complexity index is 391. The molecule has 4 heteroatoms. The molecule has 0 aliphatic carbocycles. The predicted octanol–water partition coefficient (Wildman–Crippen LogP) is 3.27. The van der Waals surface area contributed by atoms with Crippen LogP contribution in [0.1, 0.15) is 19.4 Å². The SMILES string of the molecule is CN(C)CC(C)(C)CNCc1ccc(F)c(Br)c1. The summed E-state index contributed by atoms with van der Waals surface area (Å²) < 4.78 is 13.6.